The Balaban J connectivity index is 2.68. The number of rotatable bonds is 3. The van der Waals surface area contributed by atoms with E-state index in [9.17, 15) is 9.59 Å². The highest BCUT2D eigenvalue weighted by Gasteiger charge is 2.36. The second kappa shape index (κ2) is 6.40. The van der Waals surface area contributed by atoms with Crippen LogP contribution in [0.2, 0.25) is 0 Å². The van der Waals surface area contributed by atoms with Crippen molar-refractivity contribution in [1.82, 2.24) is 5.32 Å². The lowest BCUT2D eigenvalue weighted by Gasteiger charge is -2.34. The first-order chi connectivity index (χ1) is 8.77. The van der Waals surface area contributed by atoms with Crippen LogP contribution in [-0.4, -0.2) is 23.5 Å². The summed E-state index contributed by atoms with van der Waals surface area (Å²) in [6.07, 6.45) is 7.04. The molecule has 1 amide bonds. The predicted molar refractivity (Wildman–Crippen MR) is 75.0 cm³/mol. The maximum Gasteiger partial charge on any atom is 0.408 e. The summed E-state index contributed by atoms with van der Waals surface area (Å²) in [6.45, 7) is 7.25. The third-order valence-corrected chi connectivity index (χ3v) is 3.72. The molecular weight excluding hydrogens is 242 g/mol. The Bertz CT molecular complexity index is 314. The third-order valence-electron chi connectivity index (χ3n) is 3.72. The zero-order chi connectivity index (χ0) is 14.5. The van der Waals surface area contributed by atoms with Gasteiger partial charge in [0.2, 0.25) is 0 Å². The summed E-state index contributed by atoms with van der Waals surface area (Å²) in [4.78, 5) is 23.3. The molecule has 1 rings (SSSR count). The molecule has 1 atom stereocenters. The van der Waals surface area contributed by atoms with Crippen molar-refractivity contribution in [2.24, 2.45) is 5.92 Å². The molecule has 0 aliphatic heterocycles. The van der Waals surface area contributed by atoms with Gasteiger partial charge in [0.15, 0.2) is 0 Å². The Morgan fingerprint density at radius 2 is 1.63 bits per heavy atom. The number of ether oxygens (including phenoxy) is 1. The van der Waals surface area contributed by atoms with Gasteiger partial charge in [-0.15, -0.1) is 0 Å². The zero-order valence-electron chi connectivity index (χ0n) is 12.6. The number of hydrogen-bond acceptors (Lipinski definition) is 3. The number of amides is 1. The second-order valence-corrected chi connectivity index (χ2v) is 6.72. The van der Waals surface area contributed by atoms with Gasteiger partial charge in [-0.3, -0.25) is 0 Å². The van der Waals surface area contributed by atoms with Crippen molar-refractivity contribution in [3.8, 4) is 0 Å². The first kappa shape index (κ1) is 16.0. The van der Waals surface area contributed by atoms with Crippen LogP contribution >= 0.6 is 0 Å². The Morgan fingerprint density at radius 1 is 1.11 bits per heavy atom. The van der Waals surface area contributed by atoms with Crippen LogP contribution in [0.5, 0.6) is 0 Å². The van der Waals surface area contributed by atoms with Crippen molar-refractivity contribution in [3.63, 3.8) is 0 Å². The summed E-state index contributed by atoms with van der Waals surface area (Å²) < 4.78 is 5.25. The van der Waals surface area contributed by atoms with Gasteiger partial charge in [-0.25, -0.2) is 4.79 Å². The van der Waals surface area contributed by atoms with Crippen molar-refractivity contribution in [2.45, 2.75) is 77.4 Å². The van der Waals surface area contributed by atoms with Crippen LogP contribution in [0.15, 0.2) is 0 Å². The van der Waals surface area contributed by atoms with Crippen molar-refractivity contribution in [2.75, 3.05) is 0 Å². The molecule has 19 heavy (non-hydrogen) atoms. The maximum absolute atomic E-state index is 11.9. The van der Waals surface area contributed by atoms with Gasteiger partial charge in [0.25, 0.3) is 0 Å². The zero-order valence-corrected chi connectivity index (χ0v) is 12.6. The van der Waals surface area contributed by atoms with Gasteiger partial charge in [-0.2, -0.15) is 0 Å². The Hall–Kier alpha value is -1.06. The number of aldehydes is 1. The minimum Gasteiger partial charge on any atom is -0.444 e. The van der Waals surface area contributed by atoms with E-state index in [4.69, 9.17) is 4.74 Å². The van der Waals surface area contributed by atoms with Gasteiger partial charge in [-0.05, 0) is 46.5 Å². The molecule has 110 valence electrons. The maximum atomic E-state index is 11.9. The standard InChI is InChI=1S/C15H27NO3/c1-14(2,3)19-13(18)16-15(4,11-17)12-9-7-5-6-8-10-12/h11-12H,5-10H2,1-4H3,(H,16,18). The van der Waals surface area contributed by atoms with Crippen LogP contribution in [0, 0.1) is 5.92 Å². The molecule has 1 N–H and O–H groups in total. The summed E-state index contributed by atoms with van der Waals surface area (Å²) in [5.41, 5.74) is -1.36. The van der Waals surface area contributed by atoms with E-state index in [0.717, 1.165) is 32.0 Å². The molecule has 0 radical (unpaired) electrons. The summed E-state index contributed by atoms with van der Waals surface area (Å²) in [6, 6.07) is 0. The van der Waals surface area contributed by atoms with E-state index in [1.54, 1.807) is 6.92 Å². The minimum atomic E-state index is -0.813. The third kappa shape index (κ3) is 5.21. The Labute approximate surface area is 116 Å². The molecule has 0 bridgehead atoms. The molecule has 0 saturated heterocycles. The SMILES string of the molecule is CC(C)(C)OC(=O)NC(C)(C=O)C1CCCCCC1. The van der Waals surface area contributed by atoms with Gasteiger partial charge in [0.1, 0.15) is 11.9 Å². The van der Waals surface area contributed by atoms with E-state index < -0.39 is 17.2 Å². The first-order valence-corrected chi connectivity index (χ1v) is 7.24. The normalized spacial score (nSPS) is 21.1. The largest absolute Gasteiger partial charge is 0.444 e. The summed E-state index contributed by atoms with van der Waals surface area (Å²) >= 11 is 0. The molecule has 0 spiro atoms. The molecule has 1 aliphatic rings. The van der Waals surface area contributed by atoms with Gasteiger partial charge in [-0.1, -0.05) is 25.7 Å². The number of carbonyl (C=O) groups excluding carboxylic acids is 2. The molecular formula is C15H27NO3. The predicted octanol–water partition coefficient (Wildman–Crippen LogP) is 3.44. The number of carbonyl (C=O) groups is 2. The first-order valence-electron chi connectivity index (χ1n) is 7.24. The molecule has 1 fully saturated rings. The molecule has 4 nitrogen and oxygen atoms in total. The number of alkyl carbamates (subject to hydrolysis) is 1. The average molecular weight is 269 g/mol. The molecule has 1 saturated carbocycles. The lowest BCUT2D eigenvalue weighted by molar-refractivity contribution is -0.115. The van der Waals surface area contributed by atoms with E-state index in [1.807, 2.05) is 20.8 Å². The van der Waals surface area contributed by atoms with Gasteiger partial charge in [0.05, 0.1) is 5.54 Å². The highest BCUT2D eigenvalue weighted by atomic mass is 16.6. The van der Waals surface area contributed by atoms with E-state index in [2.05, 4.69) is 5.32 Å². The monoisotopic (exact) mass is 269 g/mol. The van der Waals surface area contributed by atoms with Crippen LogP contribution in [0.1, 0.15) is 66.2 Å². The molecule has 1 unspecified atom stereocenters. The fourth-order valence-corrected chi connectivity index (χ4v) is 2.63. The summed E-state index contributed by atoms with van der Waals surface area (Å²) in [5, 5.41) is 2.77. The summed E-state index contributed by atoms with van der Waals surface area (Å²) in [7, 11) is 0. The fraction of sp³-hybridized carbons (Fsp3) is 0.867. The Kier molecular flexibility index (Phi) is 5.39. The van der Waals surface area contributed by atoms with E-state index >= 15 is 0 Å². The van der Waals surface area contributed by atoms with Crippen molar-refractivity contribution in [3.05, 3.63) is 0 Å². The van der Waals surface area contributed by atoms with E-state index in [-0.39, 0.29) is 5.92 Å². The van der Waals surface area contributed by atoms with Gasteiger partial charge < -0.3 is 14.8 Å². The van der Waals surface area contributed by atoms with E-state index in [0.29, 0.717) is 0 Å². The molecule has 0 heterocycles. The van der Waals surface area contributed by atoms with Crippen LogP contribution in [-0.2, 0) is 9.53 Å². The van der Waals surface area contributed by atoms with Crippen molar-refractivity contribution >= 4 is 12.4 Å². The quantitative estimate of drug-likeness (QED) is 0.630. The fourth-order valence-electron chi connectivity index (χ4n) is 2.63. The van der Waals surface area contributed by atoms with Crippen LogP contribution in [0.4, 0.5) is 4.79 Å². The average Bonchev–Trinajstić information content (AvgIpc) is 2.54. The highest BCUT2D eigenvalue weighted by molar-refractivity contribution is 5.76. The smallest absolute Gasteiger partial charge is 0.408 e. The highest BCUT2D eigenvalue weighted by Crippen LogP contribution is 2.30. The number of hydrogen-bond donors (Lipinski definition) is 1. The van der Waals surface area contributed by atoms with Gasteiger partial charge in [0, 0.05) is 0 Å². The minimum absolute atomic E-state index is 0.208. The number of nitrogens with one attached hydrogen (secondary N) is 1. The van der Waals surface area contributed by atoms with Gasteiger partial charge >= 0.3 is 6.09 Å². The van der Waals surface area contributed by atoms with E-state index in [1.165, 1.54) is 12.8 Å². The lowest BCUT2D eigenvalue weighted by atomic mass is 9.81. The topological polar surface area (TPSA) is 55.4 Å². The van der Waals surface area contributed by atoms with Crippen LogP contribution in [0.3, 0.4) is 0 Å². The molecule has 0 aromatic carbocycles. The van der Waals surface area contributed by atoms with Crippen molar-refractivity contribution in [1.29, 1.82) is 0 Å². The molecule has 0 aromatic rings. The Morgan fingerprint density at radius 3 is 2.05 bits per heavy atom. The molecule has 1 aliphatic carbocycles. The second-order valence-electron chi connectivity index (χ2n) is 6.72. The molecule has 4 heteroatoms. The lowest BCUT2D eigenvalue weighted by Crippen LogP contribution is -2.54. The van der Waals surface area contributed by atoms with Crippen LogP contribution in [0.25, 0.3) is 0 Å². The summed E-state index contributed by atoms with van der Waals surface area (Å²) in [5.74, 6) is 0.208. The molecule has 0 aromatic heterocycles. The van der Waals surface area contributed by atoms with Crippen LogP contribution < -0.4 is 5.32 Å². The van der Waals surface area contributed by atoms with Crippen molar-refractivity contribution < 1.29 is 14.3 Å².